The summed E-state index contributed by atoms with van der Waals surface area (Å²) < 4.78 is 12.7. The van der Waals surface area contributed by atoms with Gasteiger partial charge in [0.1, 0.15) is 5.82 Å². The molecule has 1 nitrogen and oxygen atoms in total. The second-order valence-electron chi connectivity index (χ2n) is 2.84. The number of nitrogens with one attached hydrogen (secondary N) is 1. The Morgan fingerprint density at radius 2 is 2.08 bits per heavy atom. The van der Waals surface area contributed by atoms with Gasteiger partial charge in [-0.3, -0.25) is 0 Å². The van der Waals surface area contributed by atoms with E-state index in [0.717, 1.165) is 25.1 Å². The highest BCUT2D eigenvalue weighted by Crippen LogP contribution is 2.14. The van der Waals surface area contributed by atoms with Crippen LogP contribution < -0.4 is 5.32 Å². The maximum Gasteiger partial charge on any atom is 0.123 e. The third-order valence-corrected chi connectivity index (χ3v) is 2.05. The minimum Gasteiger partial charge on any atom is -0.312 e. The molecule has 0 aliphatic carbocycles. The maximum absolute atomic E-state index is 12.7. The van der Waals surface area contributed by atoms with E-state index in [-0.39, 0.29) is 18.2 Å². The number of rotatable bonds is 0. The monoisotopic (exact) mass is 187 g/mol. The highest BCUT2D eigenvalue weighted by molar-refractivity contribution is 5.85. The third kappa shape index (κ3) is 1.76. The van der Waals surface area contributed by atoms with Crippen LogP contribution in [0.15, 0.2) is 18.2 Å². The van der Waals surface area contributed by atoms with Gasteiger partial charge in [0, 0.05) is 6.54 Å². The first-order valence-corrected chi connectivity index (χ1v) is 3.84. The molecule has 0 saturated heterocycles. The van der Waals surface area contributed by atoms with Gasteiger partial charge < -0.3 is 5.32 Å². The first-order chi connectivity index (χ1) is 5.36. The minimum absolute atomic E-state index is 0. The lowest BCUT2D eigenvalue weighted by Crippen LogP contribution is -2.23. The lowest BCUT2D eigenvalue weighted by molar-refractivity contribution is 0.606. The number of benzene rings is 1. The summed E-state index contributed by atoms with van der Waals surface area (Å²) in [7, 11) is 0. The van der Waals surface area contributed by atoms with E-state index in [0.29, 0.717) is 0 Å². The Morgan fingerprint density at radius 1 is 1.25 bits per heavy atom. The number of fused-ring (bicyclic) bond motifs is 1. The zero-order chi connectivity index (χ0) is 7.68. The van der Waals surface area contributed by atoms with E-state index in [2.05, 4.69) is 5.32 Å². The second kappa shape index (κ2) is 3.87. The molecular weight excluding hydrogens is 177 g/mol. The summed E-state index contributed by atoms with van der Waals surface area (Å²) in [6.07, 6.45) is 0.951. The zero-order valence-corrected chi connectivity index (χ0v) is 7.46. The molecule has 3 heteroatoms. The average Bonchev–Trinajstić information content (AvgIpc) is 2.04. The fraction of sp³-hybridized carbons (Fsp3) is 0.333. The van der Waals surface area contributed by atoms with Gasteiger partial charge in [-0.15, -0.1) is 12.4 Å². The normalized spacial score (nSPS) is 14.8. The van der Waals surface area contributed by atoms with E-state index < -0.39 is 0 Å². The molecule has 0 bridgehead atoms. The third-order valence-electron chi connectivity index (χ3n) is 2.05. The van der Waals surface area contributed by atoms with Crippen LogP contribution in [0.1, 0.15) is 11.1 Å². The van der Waals surface area contributed by atoms with E-state index in [1.54, 1.807) is 6.07 Å². The number of hydrogen-bond donors (Lipinski definition) is 1. The van der Waals surface area contributed by atoms with Crippen molar-refractivity contribution in [2.45, 2.75) is 13.0 Å². The van der Waals surface area contributed by atoms with Gasteiger partial charge in [-0.1, -0.05) is 6.07 Å². The lowest BCUT2D eigenvalue weighted by Gasteiger charge is -2.16. The molecule has 1 heterocycles. The molecule has 0 radical (unpaired) electrons. The molecular formula is C9H11ClFN. The first kappa shape index (κ1) is 9.49. The Hall–Kier alpha value is -0.600. The summed E-state index contributed by atoms with van der Waals surface area (Å²) in [6, 6.07) is 5.01. The van der Waals surface area contributed by atoms with Crippen molar-refractivity contribution in [3.8, 4) is 0 Å². The Bertz CT molecular complexity index is 275. The fourth-order valence-corrected chi connectivity index (χ4v) is 1.45. The van der Waals surface area contributed by atoms with Crippen LogP contribution in [0, 0.1) is 5.82 Å². The summed E-state index contributed by atoms with van der Waals surface area (Å²) >= 11 is 0. The van der Waals surface area contributed by atoms with E-state index >= 15 is 0 Å². The van der Waals surface area contributed by atoms with Crippen molar-refractivity contribution in [3.05, 3.63) is 35.1 Å². The molecule has 0 atom stereocenters. The SMILES string of the molecule is Cl.Fc1ccc2c(c1)CCNC2. The van der Waals surface area contributed by atoms with Crippen molar-refractivity contribution in [1.82, 2.24) is 5.32 Å². The van der Waals surface area contributed by atoms with E-state index in [9.17, 15) is 4.39 Å². The molecule has 12 heavy (non-hydrogen) atoms. The summed E-state index contributed by atoms with van der Waals surface area (Å²) in [5.74, 6) is -0.120. The Kier molecular flexibility index (Phi) is 3.06. The highest BCUT2D eigenvalue weighted by Gasteiger charge is 2.07. The van der Waals surface area contributed by atoms with Gasteiger partial charge in [-0.25, -0.2) is 4.39 Å². The number of hydrogen-bond acceptors (Lipinski definition) is 1. The minimum atomic E-state index is -0.120. The lowest BCUT2D eigenvalue weighted by atomic mass is 10.0. The zero-order valence-electron chi connectivity index (χ0n) is 6.64. The van der Waals surface area contributed by atoms with Crippen molar-refractivity contribution in [1.29, 1.82) is 0 Å². The van der Waals surface area contributed by atoms with Gasteiger partial charge in [0.15, 0.2) is 0 Å². The van der Waals surface area contributed by atoms with Crippen LogP contribution in [0.25, 0.3) is 0 Å². The Morgan fingerprint density at radius 3 is 2.92 bits per heavy atom. The Balaban J connectivity index is 0.000000720. The molecule has 0 saturated carbocycles. The standard InChI is InChI=1S/C9H10FN.ClH/c10-9-2-1-8-6-11-4-3-7(8)5-9;/h1-2,5,11H,3-4,6H2;1H. The molecule has 0 fully saturated rings. The first-order valence-electron chi connectivity index (χ1n) is 3.84. The van der Waals surface area contributed by atoms with Gasteiger partial charge in [-0.2, -0.15) is 0 Å². The number of halogens is 2. The topological polar surface area (TPSA) is 12.0 Å². The molecule has 1 N–H and O–H groups in total. The highest BCUT2D eigenvalue weighted by atomic mass is 35.5. The van der Waals surface area contributed by atoms with Crippen molar-refractivity contribution in [2.75, 3.05) is 6.54 Å². The molecule has 1 aliphatic heterocycles. The van der Waals surface area contributed by atoms with Crippen LogP contribution in [0.2, 0.25) is 0 Å². The summed E-state index contributed by atoms with van der Waals surface area (Å²) in [5.41, 5.74) is 2.39. The van der Waals surface area contributed by atoms with Gasteiger partial charge in [0.25, 0.3) is 0 Å². The quantitative estimate of drug-likeness (QED) is 0.654. The maximum atomic E-state index is 12.7. The van der Waals surface area contributed by atoms with Crippen LogP contribution in [0.3, 0.4) is 0 Å². The van der Waals surface area contributed by atoms with Crippen LogP contribution in [-0.2, 0) is 13.0 Å². The van der Waals surface area contributed by atoms with Crippen molar-refractivity contribution >= 4 is 12.4 Å². The van der Waals surface area contributed by atoms with Gasteiger partial charge >= 0.3 is 0 Å². The van der Waals surface area contributed by atoms with Gasteiger partial charge in [-0.05, 0) is 36.2 Å². The summed E-state index contributed by atoms with van der Waals surface area (Å²) in [4.78, 5) is 0. The van der Waals surface area contributed by atoms with Gasteiger partial charge in [0.2, 0.25) is 0 Å². The van der Waals surface area contributed by atoms with Crippen molar-refractivity contribution in [2.24, 2.45) is 0 Å². The molecule has 0 spiro atoms. The fourth-order valence-electron chi connectivity index (χ4n) is 1.45. The molecule has 1 aromatic carbocycles. The average molecular weight is 188 g/mol. The molecule has 0 unspecified atom stereocenters. The van der Waals surface area contributed by atoms with Crippen LogP contribution >= 0.6 is 12.4 Å². The van der Waals surface area contributed by atoms with Crippen molar-refractivity contribution < 1.29 is 4.39 Å². The molecule has 66 valence electrons. The van der Waals surface area contributed by atoms with Crippen LogP contribution in [0.4, 0.5) is 4.39 Å². The predicted octanol–water partition coefficient (Wildman–Crippen LogP) is 1.89. The summed E-state index contributed by atoms with van der Waals surface area (Å²) in [6.45, 7) is 1.85. The largest absolute Gasteiger partial charge is 0.312 e. The van der Waals surface area contributed by atoms with Crippen LogP contribution in [-0.4, -0.2) is 6.54 Å². The van der Waals surface area contributed by atoms with Crippen LogP contribution in [0.5, 0.6) is 0 Å². The molecule has 1 aromatic rings. The van der Waals surface area contributed by atoms with E-state index in [1.807, 2.05) is 6.07 Å². The molecule has 1 aliphatic rings. The molecule has 0 amide bonds. The molecule has 2 rings (SSSR count). The molecule has 0 aromatic heterocycles. The predicted molar refractivity (Wildman–Crippen MR) is 49.1 cm³/mol. The van der Waals surface area contributed by atoms with Gasteiger partial charge in [0.05, 0.1) is 0 Å². The van der Waals surface area contributed by atoms with E-state index in [4.69, 9.17) is 0 Å². The smallest absolute Gasteiger partial charge is 0.123 e. The van der Waals surface area contributed by atoms with E-state index in [1.165, 1.54) is 11.6 Å². The van der Waals surface area contributed by atoms with Crippen molar-refractivity contribution in [3.63, 3.8) is 0 Å². The second-order valence-corrected chi connectivity index (χ2v) is 2.84. The summed E-state index contributed by atoms with van der Waals surface area (Å²) in [5, 5.41) is 3.24. The Labute approximate surface area is 77.4 Å².